The van der Waals surface area contributed by atoms with Crippen LogP contribution < -0.4 is 4.74 Å². The van der Waals surface area contributed by atoms with Crippen LogP contribution in [-0.4, -0.2) is 32.4 Å². The summed E-state index contributed by atoms with van der Waals surface area (Å²) in [7, 11) is -3.28. The third-order valence-electron chi connectivity index (χ3n) is 4.46. The summed E-state index contributed by atoms with van der Waals surface area (Å²) < 4.78 is 45.2. The standard InChI is InChI=1S/C19H22FNO3S/c20-18-6-8-19(9-7-18)24-14-16-10-12-21(13-11-16)25(22,23)15-17-4-2-1-3-5-17/h1-9,16H,10-15H2. The van der Waals surface area contributed by atoms with Crippen molar-refractivity contribution in [1.29, 1.82) is 0 Å². The maximum atomic E-state index is 12.9. The summed E-state index contributed by atoms with van der Waals surface area (Å²) >= 11 is 0. The lowest BCUT2D eigenvalue weighted by atomic mass is 9.99. The van der Waals surface area contributed by atoms with Gasteiger partial charge in [0.15, 0.2) is 0 Å². The van der Waals surface area contributed by atoms with E-state index in [1.165, 1.54) is 12.1 Å². The Labute approximate surface area is 148 Å². The molecule has 0 aliphatic carbocycles. The van der Waals surface area contributed by atoms with Gasteiger partial charge in [-0.1, -0.05) is 30.3 Å². The van der Waals surface area contributed by atoms with Crippen LogP contribution in [0.3, 0.4) is 0 Å². The molecule has 134 valence electrons. The molecule has 0 amide bonds. The highest BCUT2D eigenvalue weighted by Gasteiger charge is 2.28. The van der Waals surface area contributed by atoms with Crippen molar-refractivity contribution in [2.24, 2.45) is 5.92 Å². The van der Waals surface area contributed by atoms with Crippen molar-refractivity contribution in [2.75, 3.05) is 19.7 Å². The van der Waals surface area contributed by atoms with Gasteiger partial charge in [0.05, 0.1) is 12.4 Å². The Morgan fingerprint density at radius 2 is 1.64 bits per heavy atom. The van der Waals surface area contributed by atoms with Crippen LogP contribution >= 0.6 is 0 Å². The van der Waals surface area contributed by atoms with Crippen LogP contribution in [0.15, 0.2) is 54.6 Å². The largest absolute Gasteiger partial charge is 0.493 e. The second-order valence-electron chi connectivity index (χ2n) is 6.35. The predicted molar refractivity (Wildman–Crippen MR) is 95.3 cm³/mol. The van der Waals surface area contributed by atoms with Crippen molar-refractivity contribution in [3.8, 4) is 5.75 Å². The first-order valence-corrected chi connectivity index (χ1v) is 10.0. The topological polar surface area (TPSA) is 46.6 Å². The lowest BCUT2D eigenvalue weighted by Gasteiger charge is -2.31. The summed E-state index contributed by atoms with van der Waals surface area (Å²) in [6, 6.07) is 15.2. The quantitative estimate of drug-likeness (QED) is 0.790. The highest BCUT2D eigenvalue weighted by Crippen LogP contribution is 2.23. The molecule has 1 saturated heterocycles. The Morgan fingerprint density at radius 1 is 1.00 bits per heavy atom. The van der Waals surface area contributed by atoms with E-state index < -0.39 is 10.0 Å². The molecule has 0 saturated carbocycles. The Bertz CT molecular complexity index is 770. The van der Waals surface area contributed by atoms with E-state index in [1.54, 1.807) is 16.4 Å². The summed E-state index contributed by atoms with van der Waals surface area (Å²) in [5, 5.41) is 0. The van der Waals surface area contributed by atoms with Crippen molar-refractivity contribution in [3.05, 3.63) is 66.0 Å². The van der Waals surface area contributed by atoms with Gasteiger partial charge < -0.3 is 4.74 Å². The summed E-state index contributed by atoms with van der Waals surface area (Å²) in [5.74, 6) is 0.711. The SMILES string of the molecule is O=S(=O)(Cc1ccccc1)N1CCC(COc2ccc(F)cc2)CC1. The molecule has 1 aliphatic rings. The molecule has 6 heteroatoms. The van der Waals surface area contributed by atoms with Crippen LogP contribution in [0.4, 0.5) is 4.39 Å². The average molecular weight is 363 g/mol. The van der Waals surface area contributed by atoms with Gasteiger partial charge in [-0.05, 0) is 48.6 Å². The molecule has 2 aromatic carbocycles. The maximum Gasteiger partial charge on any atom is 0.218 e. The smallest absolute Gasteiger partial charge is 0.218 e. The molecular formula is C19H22FNO3S. The molecule has 1 fully saturated rings. The number of rotatable bonds is 6. The summed E-state index contributed by atoms with van der Waals surface area (Å²) in [5.41, 5.74) is 0.810. The first-order chi connectivity index (χ1) is 12.0. The number of hydrogen-bond donors (Lipinski definition) is 0. The minimum absolute atomic E-state index is 0.0462. The number of piperidine rings is 1. The van der Waals surface area contributed by atoms with Crippen LogP contribution in [0.1, 0.15) is 18.4 Å². The minimum atomic E-state index is -3.28. The summed E-state index contributed by atoms with van der Waals surface area (Å²) in [6.45, 7) is 1.57. The first kappa shape index (κ1) is 17.9. The van der Waals surface area contributed by atoms with Gasteiger partial charge >= 0.3 is 0 Å². The van der Waals surface area contributed by atoms with Gasteiger partial charge in [-0.15, -0.1) is 0 Å². The Morgan fingerprint density at radius 3 is 2.28 bits per heavy atom. The highest BCUT2D eigenvalue weighted by molar-refractivity contribution is 7.88. The monoisotopic (exact) mass is 363 g/mol. The zero-order valence-corrected chi connectivity index (χ0v) is 14.8. The van der Waals surface area contributed by atoms with Crippen LogP contribution in [0.5, 0.6) is 5.75 Å². The van der Waals surface area contributed by atoms with Crippen molar-refractivity contribution in [1.82, 2.24) is 4.31 Å². The van der Waals surface area contributed by atoms with E-state index in [4.69, 9.17) is 4.74 Å². The fourth-order valence-corrected chi connectivity index (χ4v) is 4.54. The molecule has 0 radical (unpaired) electrons. The fourth-order valence-electron chi connectivity index (χ4n) is 2.98. The van der Waals surface area contributed by atoms with E-state index in [1.807, 2.05) is 30.3 Å². The molecule has 0 spiro atoms. The van der Waals surface area contributed by atoms with Crippen LogP contribution in [0.25, 0.3) is 0 Å². The molecular weight excluding hydrogens is 341 g/mol. The summed E-state index contributed by atoms with van der Waals surface area (Å²) in [4.78, 5) is 0. The number of nitrogens with zero attached hydrogens (tertiary/aromatic N) is 1. The van der Waals surface area contributed by atoms with Crippen LogP contribution in [-0.2, 0) is 15.8 Å². The molecule has 0 unspecified atom stereocenters. The molecule has 0 atom stereocenters. The van der Waals surface area contributed by atoms with Gasteiger partial charge in [0.25, 0.3) is 0 Å². The number of hydrogen-bond acceptors (Lipinski definition) is 3. The van der Waals surface area contributed by atoms with E-state index in [-0.39, 0.29) is 11.6 Å². The predicted octanol–water partition coefficient (Wildman–Crippen LogP) is 3.45. The number of sulfonamides is 1. The van der Waals surface area contributed by atoms with Crippen molar-refractivity contribution < 1.29 is 17.5 Å². The lowest BCUT2D eigenvalue weighted by molar-refractivity contribution is 0.185. The second-order valence-corrected chi connectivity index (χ2v) is 8.32. The van der Waals surface area contributed by atoms with E-state index in [9.17, 15) is 12.8 Å². The molecule has 0 N–H and O–H groups in total. The van der Waals surface area contributed by atoms with E-state index in [0.29, 0.717) is 31.4 Å². The van der Waals surface area contributed by atoms with Crippen LogP contribution in [0, 0.1) is 11.7 Å². The second kappa shape index (κ2) is 7.97. The zero-order chi connectivity index (χ0) is 17.7. The minimum Gasteiger partial charge on any atom is -0.493 e. The normalized spacial score (nSPS) is 16.7. The molecule has 3 rings (SSSR count). The van der Waals surface area contributed by atoms with E-state index in [2.05, 4.69) is 0 Å². The Hall–Kier alpha value is -1.92. The molecule has 1 heterocycles. The van der Waals surface area contributed by atoms with Gasteiger partial charge in [0.1, 0.15) is 11.6 Å². The van der Waals surface area contributed by atoms with Crippen molar-refractivity contribution in [2.45, 2.75) is 18.6 Å². The van der Waals surface area contributed by atoms with E-state index >= 15 is 0 Å². The van der Waals surface area contributed by atoms with Gasteiger partial charge in [-0.3, -0.25) is 0 Å². The lowest BCUT2D eigenvalue weighted by Crippen LogP contribution is -2.40. The van der Waals surface area contributed by atoms with Crippen molar-refractivity contribution in [3.63, 3.8) is 0 Å². The Kier molecular flexibility index (Phi) is 5.71. The average Bonchev–Trinajstić information content (AvgIpc) is 2.62. The third kappa shape index (κ3) is 5.03. The zero-order valence-electron chi connectivity index (χ0n) is 14.0. The summed E-state index contributed by atoms with van der Waals surface area (Å²) in [6.07, 6.45) is 1.55. The molecule has 1 aliphatic heterocycles. The molecule has 25 heavy (non-hydrogen) atoms. The fraction of sp³-hybridized carbons (Fsp3) is 0.368. The number of benzene rings is 2. The molecule has 0 bridgehead atoms. The first-order valence-electron chi connectivity index (χ1n) is 8.43. The number of ether oxygens (including phenoxy) is 1. The van der Waals surface area contributed by atoms with Crippen LogP contribution in [0.2, 0.25) is 0 Å². The molecule has 2 aromatic rings. The van der Waals surface area contributed by atoms with E-state index in [0.717, 1.165) is 18.4 Å². The Balaban J connectivity index is 1.48. The van der Waals surface area contributed by atoms with Gasteiger partial charge in [-0.25, -0.2) is 17.1 Å². The van der Waals surface area contributed by atoms with Gasteiger partial charge in [-0.2, -0.15) is 0 Å². The number of halogens is 1. The van der Waals surface area contributed by atoms with Crippen molar-refractivity contribution >= 4 is 10.0 Å². The van der Waals surface area contributed by atoms with Gasteiger partial charge in [0.2, 0.25) is 10.0 Å². The van der Waals surface area contributed by atoms with Gasteiger partial charge in [0, 0.05) is 13.1 Å². The third-order valence-corrected chi connectivity index (χ3v) is 6.31. The molecule has 4 nitrogen and oxygen atoms in total. The maximum absolute atomic E-state index is 12.9. The highest BCUT2D eigenvalue weighted by atomic mass is 32.2. The molecule has 0 aromatic heterocycles.